The fourth-order valence-electron chi connectivity index (χ4n) is 3.32. The molecule has 0 amide bonds. The van der Waals surface area contributed by atoms with E-state index in [2.05, 4.69) is 51.4 Å². The molecule has 6 heteroatoms. The lowest BCUT2D eigenvalue weighted by molar-refractivity contribution is -0.00834. The Balaban J connectivity index is 1.59. The molecule has 0 bridgehead atoms. The van der Waals surface area contributed by atoms with Crippen molar-refractivity contribution in [2.45, 2.75) is 39.5 Å². The van der Waals surface area contributed by atoms with Crippen LogP contribution in [0.3, 0.4) is 0 Å². The predicted octanol–water partition coefficient (Wildman–Crippen LogP) is 3.33. The van der Waals surface area contributed by atoms with Crippen LogP contribution in [0.5, 0.6) is 5.88 Å². The molecule has 1 saturated heterocycles. The molecule has 2 heterocycles. The Morgan fingerprint density at radius 2 is 2.14 bits per heavy atom. The Morgan fingerprint density at radius 3 is 2.82 bits per heavy atom. The van der Waals surface area contributed by atoms with Gasteiger partial charge in [0.2, 0.25) is 5.88 Å². The second kappa shape index (κ2) is 9.55. The highest BCUT2D eigenvalue weighted by Gasteiger charge is 2.25. The summed E-state index contributed by atoms with van der Waals surface area (Å²) in [4.78, 5) is 11.1. The van der Waals surface area contributed by atoms with Gasteiger partial charge in [-0.15, -0.1) is 0 Å². The minimum absolute atomic E-state index is 0.0580. The van der Waals surface area contributed by atoms with E-state index in [4.69, 9.17) is 9.47 Å². The Hall–Kier alpha value is -2.60. The smallest absolute Gasteiger partial charge is 0.213 e. The second-order valence-electron chi connectivity index (χ2n) is 7.23. The third-order valence-corrected chi connectivity index (χ3v) is 4.72. The molecule has 1 aromatic heterocycles. The Bertz CT molecular complexity index is 789. The van der Waals surface area contributed by atoms with E-state index in [-0.39, 0.29) is 12.2 Å². The summed E-state index contributed by atoms with van der Waals surface area (Å²) < 4.78 is 11.6. The van der Waals surface area contributed by atoms with E-state index in [0.717, 1.165) is 24.6 Å². The number of ether oxygens (including phenoxy) is 2. The molecular weight excluding hydrogens is 352 g/mol. The number of nitrogens with zero attached hydrogens (tertiary/aromatic N) is 3. The van der Waals surface area contributed by atoms with Gasteiger partial charge in [-0.25, -0.2) is 4.98 Å². The zero-order valence-corrected chi connectivity index (χ0v) is 17.2. The number of hydrogen-bond donors (Lipinski definition) is 1. The van der Waals surface area contributed by atoms with Crippen LogP contribution in [0.25, 0.3) is 0 Å². The molecule has 1 aromatic carbocycles. The first kappa shape index (κ1) is 20.1. The first-order valence-electron chi connectivity index (χ1n) is 9.81. The van der Waals surface area contributed by atoms with Crippen molar-refractivity contribution < 1.29 is 9.47 Å². The molecule has 1 unspecified atom stereocenters. The molecule has 3 rings (SSSR count). The van der Waals surface area contributed by atoms with E-state index in [0.29, 0.717) is 19.0 Å². The molecule has 1 atom stereocenters. The van der Waals surface area contributed by atoms with Crippen molar-refractivity contribution in [3.8, 4) is 5.88 Å². The zero-order chi connectivity index (χ0) is 19.9. The van der Waals surface area contributed by atoms with Crippen LogP contribution in [-0.2, 0) is 11.3 Å². The van der Waals surface area contributed by atoms with Crippen molar-refractivity contribution in [2.24, 2.45) is 4.99 Å². The number of benzene rings is 1. The summed E-state index contributed by atoms with van der Waals surface area (Å²) in [6, 6.07) is 12.3. The topological polar surface area (TPSA) is 59.0 Å². The molecule has 0 saturated carbocycles. The van der Waals surface area contributed by atoms with Gasteiger partial charge >= 0.3 is 0 Å². The van der Waals surface area contributed by atoms with E-state index in [9.17, 15) is 0 Å². The van der Waals surface area contributed by atoms with Gasteiger partial charge in [-0.2, -0.15) is 0 Å². The predicted molar refractivity (Wildman–Crippen MR) is 112 cm³/mol. The van der Waals surface area contributed by atoms with Gasteiger partial charge in [-0.3, -0.25) is 4.99 Å². The number of rotatable bonds is 5. The number of morpholine rings is 1. The van der Waals surface area contributed by atoms with Gasteiger partial charge in [-0.1, -0.05) is 30.3 Å². The van der Waals surface area contributed by atoms with Crippen LogP contribution in [-0.4, -0.2) is 48.7 Å². The molecule has 6 nitrogen and oxygen atoms in total. The molecule has 1 N–H and O–H groups in total. The number of nitrogens with one attached hydrogen (secondary N) is 1. The quantitative estimate of drug-likeness (QED) is 0.635. The fraction of sp³-hybridized carbons (Fsp3) is 0.455. The molecule has 1 aliphatic heterocycles. The molecule has 150 valence electrons. The molecule has 1 aliphatic rings. The van der Waals surface area contributed by atoms with Gasteiger partial charge < -0.3 is 19.7 Å². The van der Waals surface area contributed by atoms with Gasteiger partial charge in [0.1, 0.15) is 6.10 Å². The lowest BCUT2D eigenvalue weighted by atomic mass is 10.0. The van der Waals surface area contributed by atoms with Crippen LogP contribution in [0, 0.1) is 6.92 Å². The van der Waals surface area contributed by atoms with Gasteiger partial charge in [0, 0.05) is 32.4 Å². The third kappa shape index (κ3) is 5.23. The number of guanidine groups is 1. The Labute approximate surface area is 167 Å². The normalized spacial score (nSPS) is 17.7. The average molecular weight is 383 g/mol. The second-order valence-corrected chi connectivity index (χ2v) is 7.23. The molecular formula is C22H30N4O2. The van der Waals surface area contributed by atoms with Crippen molar-refractivity contribution in [1.82, 2.24) is 15.2 Å². The van der Waals surface area contributed by atoms with Crippen LogP contribution >= 0.6 is 0 Å². The fourth-order valence-corrected chi connectivity index (χ4v) is 3.32. The summed E-state index contributed by atoms with van der Waals surface area (Å²) in [5.41, 5.74) is 3.58. The summed E-state index contributed by atoms with van der Waals surface area (Å²) in [6.45, 7) is 9.06. The third-order valence-electron chi connectivity index (χ3n) is 4.72. The maximum Gasteiger partial charge on any atom is 0.213 e. The van der Waals surface area contributed by atoms with Crippen molar-refractivity contribution in [1.29, 1.82) is 0 Å². The standard InChI is InChI=1S/C22H30N4O2/c1-16(2)28-21-10-9-18(13-24-21)14-25-22(23-4)26-11-12-27-20(15-26)19-8-6-5-7-17(19)3/h5-10,13,16,20H,11-12,14-15H2,1-4H3,(H,23,25). The minimum Gasteiger partial charge on any atom is -0.475 e. The van der Waals surface area contributed by atoms with E-state index in [1.807, 2.05) is 39.2 Å². The monoisotopic (exact) mass is 382 g/mol. The summed E-state index contributed by atoms with van der Waals surface area (Å²) >= 11 is 0. The van der Waals surface area contributed by atoms with E-state index < -0.39 is 0 Å². The molecule has 2 aromatic rings. The van der Waals surface area contributed by atoms with E-state index >= 15 is 0 Å². The SMILES string of the molecule is CN=C(NCc1ccc(OC(C)C)nc1)N1CCOC(c2ccccc2C)C1. The number of pyridine rings is 1. The first-order valence-corrected chi connectivity index (χ1v) is 9.81. The summed E-state index contributed by atoms with van der Waals surface area (Å²) in [6.07, 6.45) is 2.02. The van der Waals surface area contributed by atoms with Crippen LogP contribution in [0.15, 0.2) is 47.6 Å². The van der Waals surface area contributed by atoms with Crippen LogP contribution < -0.4 is 10.1 Å². The van der Waals surface area contributed by atoms with Crippen LogP contribution in [0.2, 0.25) is 0 Å². The van der Waals surface area contributed by atoms with Crippen LogP contribution in [0.4, 0.5) is 0 Å². The minimum atomic E-state index is 0.0580. The van der Waals surface area contributed by atoms with E-state index in [1.165, 1.54) is 11.1 Å². The van der Waals surface area contributed by atoms with Crippen molar-refractivity contribution in [3.63, 3.8) is 0 Å². The lowest BCUT2D eigenvalue weighted by Crippen LogP contribution is -2.48. The summed E-state index contributed by atoms with van der Waals surface area (Å²) in [7, 11) is 1.82. The largest absolute Gasteiger partial charge is 0.475 e. The average Bonchev–Trinajstić information content (AvgIpc) is 2.70. The van der Waals surface area contributed by atoms with Gasteiger partial charge in [0.15, 0.2) is 5.96 Å². The van der Waals surface area contributed by atoms with Crippen molar-refractivity contribution in [3.05, 3.63) is 59.3 Å². The Morgan fingerprint density at radius 1 is 1.32 bits per heavy atom. The number of hydrogen-bond acceptors (Lipinski definition) is 4. The first-order chi connectivity index (χ1) is 13.6. The number of aryl methyl sites for hydroxylation is 1. The van der Waals surface area contributed by atoms with Crippen molar-refractivity contribution in [2.75, 3.05) is 26.7 Å². The van der Waals surface area contributed by atoms with Gasteiger partial charge in [0.05, 0.1) is 19.3 Å². The lowest BCUT2D eigenvalue weighted by Gasteiger charge is -2.35. The summed E-state index contributed by atoms with van der Waals surface area (Å²) in [5, 5.41) is 3.44. The zero-order valence-electron chi connectivity index (χ0n) is 17.2. The Kier molecular flexibility index (Phi) is 6.87. The highest BCUT2D eigenvalue weighted by Crippen LogP contribution is 2.25. The van der Waals surface area contributed by atoms with Crippen molar-refractivity contribution >= 4 is 5.96 Å². The molecule has 1 fully saturated rings. The van der Waals surface area contributed by atoms with E-state index in [1.54, 1.807) is 0 Å². The van der Waals surface area contributed by atoms with Gasteiger partial charge in [0.25, 0.3) is 0 Å². The number of aromatic nitrogens is 1. The summed E-state index contributed by atoms with van der Waals surface area (Å²) in [5.74, 6) is 1.53. The maximum absolute atomic E-state index is 6.03. The molecule has 0 aliphatic carbocycles. The molecule has 28 heavy (non-hydrogen) atoms. The molecule has 0 spiro atoms. The number of aliphatic imine (C=N–C) groups is 1. The van der Waals surface area contributed by atoms with Gasteiger partial charge in [-0.05, 0) is 37.5 Å². The highest BCUT2D eigenvalue weighted by molar-refractivity contribution is 5.80. The maximum atomic E-state index is 6.03. The molecule has 0 radical (unpaired) electrons. The highest BCUT2D eigenvalue weighted by atomic mass is 16.5. The van der Waals surface area contributed by atoms with Crippen LogP contribution in [0.1, 0.15) is 36.6 Å².